The Balaban J connectivity index is 2.45. The van der Waals surface area contributed by atoms with Gasteiger partial charge in [0.05, 0.1) is 12.3 Å². The highest BCUT2D eigenvalue weighted by atomic mass is 16.6. The Hall–Kier alpha value is -0.860. The molecule has 3 nitrogen and oxygen atoms in total. The van der Waals surface area contributed by atoms with Crippen molar-refractivity contribution in [2.75, 3.05) is 0 Å². The van der Waals surface area contributed by atoms with Crippen LogP contribution in [0.1, 0.15) is 117 Å². The molecule has 1 fully saturated rings. The van der Waals surface area contributed by atoms with Crippen LogP contribution >= 0.6 is 0 Å². The summed E-state index contributed by atoms with van der Waals surface area (Å²) in [7, 11) is 0. The lowest BCUT2D eigenvalue weighted by atomic mass is 9.69. The van der Waals surface area contributed by atoms with Crippen molar-refractivity contribution in [2.45, 2.75) is 117 Å². The fraction of sp³-hybridized carbons (Fsp3) is 0.909. The molecule has 0 aliphatic carbocycles. The topological polar surface area (TPSA) is 43.4 Å². The van der Waals surface area contributed by atoms with Crippen molar-refractivity contribution in [3.63, 3.8) is 0 Å². The lowest BCUT2D eigenvalue weighted by molar-refractivity contribution is -0.154. The second-order valence-electron chi connectivity index (χ2n) is 8.24. The summed E-state index contributed by atoms with van der Waals surface area (Å²) in [5, 5.41) is 0. The van der Waals surface area contributed by atoms with Gasteiger partial charge in [-0.15, -0.1) is 0 Å². The SMILES string of the molecule is CCCCCCCCC(C)(CCCCCCCC)C1CC(=O)OC1=O. The molecular weight excluding hydrogens is 312 g/mol. The van der Waals surface area contributed by atoms with Gasteiger partial charge in [-0.2, -0.15) is 0 Å². The average molecular weight is 353 g/mol. The third-order valence-corrected chi connectivity index (χ3v) is 5.91. The van der Waals surface area contributed by atoms with E-state index in [-0.39, 0.29) is 23.3 Å². The van der Waals surface area contributed by atoms with Crippen molar-refractivity contribution in [1.82, 2.24) is 0 Å². The molecule has 1 aliphatic heterocycles. The molecule has 0 radical (unpaired) electrons. The first kappa shape index (κ1) is 22.2. The van der Waals surface area contributed by atoms with E-state index in [4.69, 9.17) is 4.74 Å². The number of carbonyl (C=O) groups is 2. The van der Waals surface area contributed by atoms with Gasteiger partial charge in [-0.1, -0.05) is 97.8 Å². The Kier molecular flexibility index (Phi) is 11.1. The zero-order valence-electron chi connectivity index (χ0n) is 16.9. The molecule has 1 heterocycles. The molecule has 0 aromatic heterocycles. The Labute approximate surface area is 155 Å². The van der Waals surface area contributed by atoms with Gasteiger partial charge in [0, 0.05) is 0 Å². The van der Waals surface area contributed by atoms with Gasteiger partial charge in [0.15, 0.2) is 0 Å². The molecule has 0 spiro atoms. The predicted octanol–water partition coefficient (Wildman–Crippen LogP) is 6.58. The van der Waals surface area contributed by atoms with E-state index in [2.05, 4.69) is 20.8 Å². The summed E-state index contributed by atoms with van der Waals surface area (Å²) in [5.74, 6) is -0.817. The minimum Gasteiger partial charge on any atom is -0.393 e. The van der Waals surface area contributed by atoms with E-state index in [0.717, 1.165) is 25.7 Å². The van der Waals surface area contributed by atoms with Gasteiger partial charge in [-0.05, 0) is 18.3 Å². The van der Waals surface area contributed by atoms with E-state index >= 15 is 0 Å². The highest BCUT2D eigenvalue weighted by Crippen LogP contribution is 2.43. The lowest BCUT2D eigenvalue weighted by Crippen LogP contribution is -2.31. The predicted molar refractivity (Wildman–Crippen MR) is 103 cm³/mol. The maximum atomic E-state index is 12.1. The average Bonchev–Trinajstić information content (AvgIpc) is 2.93. The minimum atomic E-state index is -0.327. The lowest BCUT2D eigenvalue weighted by Gasteiger charge is -2.33. The van der Waals surface area contributed by atoms with Crippen molar-refractivity contribution in [3.05, 3.63) is 0 Å². The van der Waals surface area contributed by atoms with E-state index in [1.165, 1.54) is 64.2 Å². The summed E-state index contributed by atoms with van der Waals surface area (Å²) in [4.78, 5) is 23.7. The van der Waals surface area contributed by atoms with E-state index in [1.54, 1.807) is 0 Å². The van der Waals surface area contributed by atoms with Gasteiger partial charge in [0.2, 0.25) is 0 Å². The normalized spacial score (nSPS) is 18.0. The van der Waals surface area contributed by atoms with Crippen LogP contribution in [-0.4, -0.2) is 11.9 Å². The minimum absolute atomic E-state index is 0.0707. The maximum absolute atomic E-state index is 12.1. The van der Waals surface area contributed by atoms with Crippen LogP contribution in [0.2, 0.25) is 0 Å². The van der Waals surface area contributed by atoms with Gasteiger partial charge in [0.1, 0.15) is 0 Å². The number of hydrogen-bond acceptors (Lipinski definition) is 3. The van der Waals surface area contributed by atoms with Crippen LogP contribution in [-0.2, 0) is 14.3 Å². The number of ether oxygens (including phenoxy) is 1. The van der Waals surface area contributed by atoms with Crippen LogP contribution < -0.4 is 0 Å². The monoisotopic (exact) mass is 352 g/mol. The van der Waals surface area contributed by atoms with Crippen molar-refractivity contribution in [1.29, 1.82) is 0 Å². The first-order valence-electron chi connectivity index (χ1n) is 10.8. The number of hydrogen-bond donors (Lipinski definition) is 0. The third kappa shape index (κ3) is 8.37. The fourth-order valence-corrected chi connectivity index (χ4v) is 4.10. The van der Waals surface area contributed by atoms with Crippen molar-refractivity contribution in [3.8, 4) is 0 Å². The van der Waals surface area contributed by atoms with Crippen LogP contribution in [0, 0.1) is 11.3 Å². The molecule has 3 heteroatoms. The van der Waals surface area contributed by atoms with E-state index in [9.17, 15) is 9.59 Å². The maximum Gasteiger partial charge on any atom is 0.317 e. The standard InChI is InChI=1S/C22H40O3/c1-4-6-8-10-12-14-16-22(3,17-15-13-11-9-7-5-2)19-18-20(23)25-21(19)24/h19H,4-18H2,1-3H3. The second-order valence-corrected chi connectivity index (χ2v) is 8.24. The van der Waals surface area contributed by atoms with Gasteiger partial charge in [-0.3, -0.25) is 9.59 Å². The first-order chi connectivity index (χ1) is 12.0. The number of rotatable bonds is 15. The van der Waals surface area contributed by atoms with E-state index in [0.29, 0.717) is 6.42 Å². The molecule has 0 amide bonds. The summed E-state index contributed by atoms with van der Waals surface area (Å²) in [6.45, 7) is 6.69. The largest absolute Gasteiger partial charge is 0.393 e. The van der Waals surface area contributed by atoms with Crippen LogP contribution in [0.4, 0.5) is 0 Å². The molecule has 1 atom stereocenters. The number of esters is 2. The molecule has 1 aliphatic rings. The Bertz CT molecular complexity index is 373. The van der Waals surface area contributed by atoms with Gasteiger partial charge < -0.3 is 4.74 Å². The molecule has 1 rings (SSSR count). The van der Waals surface area contributed by atoms with Gasteiger partial charge in [-0.25, -0.2) is 0 Å². The summed E-state index contributed by atoms with van der Waals surface area (Å²) in [6.07, 6.45) is 17.6. The Morgan fingerprint density at radius 3 is 1.64 bits per heavy atom. The Morgan fingerprint density at radius 1 is 0.800 bits per heavy atom. The third-order valence-electron chi connectivity index (χ3n) is 5.91. The number of unbranched alkanes of at least 4 members (excludes halogenated alkanes) is 10. The molecule has 146 valence electrons. The summed E-state index contributed by atoms with van der Waals surface area (Å²) < 4.78 is 4.86. The van der Waals surface area contributed by atoms with Crippen LogP contribution in [0.5, 0.6) is 0 Å². The smallest absolute Gasteiger partial charge is 0.317 e. The summed E-state index contributed by atoms with van der Waals surface area (Å²) >= 11 is 0. The molecule has 1 saturated heterocycles. The first-order valence-corrected chi connectivity index (χ1v) is 10.8. The van der Waals surface area contributed by atoms with Crippen molar-refractivity contribution < 1.29 is 14.3 Å². The zero-order valence-corrected chi connectivity index (χ0v) is 16.9. The van der Waals surface area contributed by atoms with Crippen molar-refractivity contribution >= 4 is 11.9 Å². The molecule has 0 bridgehead atoms. The van der Waals surface area contributed by atoms with Crippen molar-refractivity contribution in [2.24, 2.45) is 11.3 Å². The fourth-order valence-electron chi connectivity index (χ4n) is 4.10. The van der Waals surface area contributed by atoms with Gasteiger partial charge in [0.25, 0.3) is 0 Å². The van der Waals surface area contributed by atoms with Gasteiger partial charge >= 0.3 is 11.9 Å². The molecule has 25 heavy (non-hydrogen) atoms. The molecule has 0 N–H and O–H groups in total. The highest BCUT2D eigenvalue weighted by Gasteiger charge is 2.45. The molecule has 1 unspecified atom stereocenters. The second kappa shape index (κ2) is 12.5. The highest BCUT2D eigenvalue weighted by molar-refractivity contribution is 5.95. The van der Waals surface area contributed by atoms with E-state index < -0.39 is 0 Å². The van der Waals surface area contributed by atoms with E-state index in [1.807, 2.05) is 0 Å². The summed E-state index contributed by atoms with van der Waals surface area (Å²) in [5.41, 5.74) is -0.0707. The number of cyclic esters (lactones) is 2. The molecule has 0 aromatic rings. The van der Waals surface area contributed by atoms with Crippen LogP contribution in [0.25, 0.3) is 0 Å². The number of carbonyl (C=O) groups excluding carboxylic acids is 2. The zero-order chi connectivity index (χ0) is 18.5. The van der Waals surface area contributed by atoms with Crippen LogP contribution in [0.3, 0.4) is 0 Å². The Morgan fingerprint density at radius 2 is 1.24 bits per heavy atom. The molecule has 0 saturated carbocycles. The quantitative estimate of drug-likeness (QED) is 0.190. The molecule has 0 aromatic carbocycles. The van der Waals surface area contributed by atoms with Crippen LogP contribution in [0.15, 0.2) is 0 Å². The summed E-state index contributed by atoms with van der Waals surface area (Å²) in [6, 6.07) is 0. The molecular formula is C22H40O3.